The van der Waals surface area contributed by atoms with Crippen molar-refractivity contribution in [2.45, 2.75) is 77.4 Å². The highest BCUT2D eigenvalue weighted by Crippen LogP contribution is 2.43. The Bertz CT molecular complexity index is 3100. The van der Waals surface area contributed by atoms with Crippen LogP contribution in [0, 0.1) is 0 Å². The average Bonchev–Trinajstić information content (AvgIpc) is 3.90. The molecule has 1 saturated carbocycles. The van der Waals surface area contributed by atoms with Crippen molar-refractivity contribution in [3.8, 4) is 33.6 Å². The summed E-state index contributed by atoms with van der Waals surface area (Å²) in [6.45, 7) is 14.4. The lowest BCUT2D eigenvalue weighted by atomic mass is 9.90. The van der Waals surface area contributed by atoms with Gasteiger partial charge in [-0.05, 0) is 83.6 Å². The minimum Gasteiger partial charge on any atom is -0.309 e. The molecule has 1 aliphatic heterocycles. The largest absolute Gasteiger partial charge is 0.309 e. The summed E-state index contributed by atoms with van der Waals surface area (Å²) < 4.78 is 4.70. The van der Waals surface area contributed by atoms with Crippen LogP contribution in [0.5, 0.6) is 0 Å². The van der Waals surface area contributed by atoms with Crippen molar-refractivity contribution in [3.63, 3.8) is 0 Å². The molecule has 0 bridgehead atoms. The Morgan fingerprint density at radius 3 is 1.24 bits per heavy atom. The number of hydrogen-bond donors (Lipinski definition) is 0. The van der Waals surface area contributed by atoms with Crippen molar-refractivity contribution in [3.05, 3.63) is 157 Å². The summed E-state index contributed by atoms with van der Waals surface area (Å²) >= 11 is 0. The Kier molecular flexibility index (Phi) is 9.20. The topological polar surface area (TPSA) is 47.2 Å². The number of para-hydroxylation sites is 2. The second kappa shape index (κ2) is 14.6. The number of imide groups is 1. The molecule has 1 fully saturated rings. The molecule has 63 heavy (non-hydrogen) atoms. The number of amides is 2. The molecule has 1 aliphatic carbocycles. The predicted octanol–water partition coefficient (Wildman–Crippen LogP) is 13.2. The predicted molar refractivity (Wildman–Crippen MR) is 269 cm³/mol. The molecular formula is C56H53N3O2Si2. The van der Waals surface area contributed by atoms with E-state index < -0.39 is 16.1 Å². The van der Waals surface area contributed by atoms with E-state index in [1.165, 1.54) is 54.0 Å². The third-order valence-electron chi connectivity index (χ3n) is 14.0. The first-order valence-electron chi connectivity index (χ1n) is 22.7. The van der Waals surface area contributed by atoms with Crippen LogP contribution in [-0.4, -0.2) is 48.0 Å². The van der Waals surface area contributed by atoms with Gasteiger partial charge in [-0.15, -0.1) is 0 Å². The summed E-state index contributed by atoms with van der Waals surface area (Å²) in [4.78, 5) is 31.2. The molecule has 5 nitrogen and oxygen atoms in total. The van der Waals surface area contributed by atoms with Crippen LogP contribution >= 0.6 is 0 Å². The van der Waals surface area contributed by atoms with Gasteiger partial charge in [-0.25, -0.2) is 0 Å². The molecule has 2 aromatic heterocycles. The van der Waals surface area contributed by atoms with Gasteiger partial charge in [0.05, 0.1) is 49.3 Å². The molecule has 0 saturated heterocycles. The van der Waals surface area contributed by atoms with Crippen molar-refractivity contribution >= 4 is 81.9 Å². The molecule has 2 amide bonds. The van der Waals surface area contributed by atoms with Crippen molar-refractivity contribution in [1.82, 2.24) is 14.0 Å². The average molecular weight is 856 g/mol. The minimum atomic E-state index is -1.52. The highest BCUT2D eigenvalue weighted by Gasteiger charge is 2.43. The quantitative estimate of drug-likeness (QED) is 0.118. The first-order valence-corrected chi connectivity index (χ1v) is 29.7. The lowest BCUT2D eigenvalue weighted by Crippen LogP contribution is -2.41. The summed E-state index contributed by atoms with van der Waals surface area (Å²) in [5, 5.41) is 7.93. The fourth-order valence-corrected chi connectivity index (χ4v) is 12.9. The Morgan fingerprint density at radius 2 is 0.825 bits per heavy atom. The number of nitrogens with zero attached hydrogens (tertiary/aromatic N) is 3. The fraction of sp³-hybridized carbons (Fsp3) is 0.214. The first kappa shape index (κ1) is 39.6. The zero-order valence-corrected chi connectivity index (χ0v) is 39.1. The monoisotopic (exact) mass is 855 g/mol. The summed E-state index contributed by atoms with van der Waals surface area (Å²) in [6.07, 6.45) is 4.92. The van der Waals surface area contributed by atoms with Gasteiger partial charge in [0.1, 0.15) is 0 Å². The number of hydrogen-bond acceptors (Lipinski definition) is 2. The molecule has 9 aromatic rings. The van der Waals surface area contributed by atoms with Gasteiger partial charge in [-0.1, -0.05) is 166 Å². The Balaban J connectivity index is 1.01. The molecule has 0 unspecified atom stereocenters. The van der Waals surface area contributed by atoms with Gasteiger partial charge >= 0.3 is 0 Å². The third kappa shape index (κ3) is 6.38. The molecule has 7 aromatic carbocycles. The van der Waals surface area contributed by atoms with E-state index in [4.69, 9.17) is 0 Å². The van der Waals surface area contributed by atoms with Gasteiger partial charge in [0.25, 0.3) is 11.8 Å². The SMILES string of the molecule is C[Si](C)(C)c1ccc2c(c1)c1ccccc1n2-c1ccc(-c2ccc(-c3ccc(-n4c5ccccc5c5cc([Si](C)(C)C)ccc54)cc3)c3c2C(=O)N(C2CCCCC2)C3=O)cc1. The van der Waals surface area contributed by atoms with Crippen molar-refractivity contribution in [2.75, 3.05) is 0 Å². The Morgan fingerprint density at radius 1 is 0.429 bits per heavy atom. The zero-order valence-electron chi connectivity index (χ0n) is 37.1. The third-order valence-corrected chi connectivity index (χ3v) is 18.0. The molecule has 3 heterocycles. The number of aromatic nitrogens is 2. The van der Waals surface area contributed by atoms with E-state index in [0.29, 0.717) is 11.1 Å². The van der Waals surface area contributed by atoms with Crippen molar-refractivity contribution in [2.24, 2.45) is 0 Å². The molecule has 0 spiro atoms. The van der Waals surface area contributed by atoms with Gasteiger partial charge in [0.2, 0.25) is 0 Å². The molecule has 312 valence electrons. The minimum absolute atomic E-state index is 0.0786. The van der Waals surface area contributed by atoms with Gasteiger partial charge in [0, 0.05) is 39.0 Å². The molecule has 7 heteroatoms. The second-order valence-corrected chi connectivity index (χ2v) is 30.1. The van der Waals surface area contributed by atoms with Crippen LogP contribution < -0.4 is 10.4 Å². The summed E-state index contributed by atoms with van der Waals surface area (Å²) in [5.41, 5.74) is 11.3. The van der Waals surface area contributed by atoms with E-state index in [-0.39, 0.29) is 17.9 Å². The Hall–Kier alpha value is -6.29. The summed E-state index contributed by atoms with van der Waals surface area (Å²) in [5.74, 6) is -0.328. The van der Waals surface area contributed by atoms with Crippen LogP contribution in [0.1, 0.15) is 52.8 Å². The summed E-state index contributed by atoms with van der Waals surface area (Å²) in [6, 6.07) is 52.5. The number of rotatable bonds is 7. The second-order valence-electron chi connectivity index (χ2n) is 19.9. The number of benzene rings is 7. The fourth-order valence-electron chi connectivity index (χ4n) is 10.5. The lowest BCUT2D eigenvalue weighted by Gasteiger charge is -2.29. The molecule has 0 radical (unpaired) electrons. The van der Waals surface area contributed by atoms with Crippen LogP contribution in [0.3, 0.4) is 0 Å². The van der Waals surface area contributed by atoms with Gasteiger partial charge in [0.15, 0.2) is 0 Å². The normalized spacial score (nSPS) is 15.1. The molecular weight excluding hydrogens is 803 g/mol. The molecule has 2 aliphatic rings. The number of carbonyl (C=O) groups is 2. The van der Waals surface area contributed by atoms with E-state index in [2.05, 4.69) is 194 Å². The van der Waals surface area contributed by atoms with Crippen LogP contribution in [-0.2, 0) is 0 Å². The van der Waals surface area contributed by atoms with E-state index in [1.54, 1.807) is 4.90 Å². The van der Waals surface area contributed by atoms with E-state index in [9.17, 15) is 9.59 Å². The standard InChI is InChI=1S/C56H53N3O2Si2/c1-62(2,3)41-28-32-51-47(34-41)45-16-10-12-18-49(45)57(51)39-24-20-36(21-25-39)43-30-31-44(54-53(43)55(60)59(56(54)61)38-14-8-7-9-15-38)37-22-26-40(27-23-37)58-50-19-13-11-17-46(50)48-35-42(63(4,5)6)29-33-52(48)58/h10-13,16-35,38H,7-9,14-15H2,1-6H3. The highest BCUT2D eigenvalue weighted by atomic mass is 28.3. The number of carbonyl (C=O) groups excluding carboxylic acids is 2. The van der Waals surface area contributed by atoms with E-state index >= 15 is 0 Å². The van der Waals surface area contributed by atoms with Crippen LogP contribution in [0.15, 0.2) is 146 Å². The maximum Gasteiger partial charge on any atom is 0.262 e. The van der Waals surface area contributed by atoms with Gasteiger partial charge in [-0.3, -0.25) is 14.5 Å². The zero-order chi connectivity index (χ0) is 43.4. The van der Waals surface area contributed by atoms with Gasteiger partial charge < -0.3 is 9.13 Å². The molecule has 0 N–H and O–H groups in total. The number of fused-ring (bicyclic) bond motifs is 7. The smallest absolute Gasteiger partial charge is 0.262 e. The molecule has 11 rings (SSSR count). The van der Waals surface area contributed by atoms with E-state index in [1.807, 2.05) is 0 Å². The van der Waals surface area contributed by atoms with Crippen molar-refractivity contribution < 1.29 is 9.59 Å². The van der Waals surface area contributed by atoms with Crippen LogP contribution in [0.2, 0.25) is 39.3 Å². The Labute approximate surface area is 371 Å². The molecule has 0 atom stereocenters. The highest BCUT2D eigenvalue weighted by molar-refractivity contribution is 6.89. The van der Waals surface area contributed by atoms with Crippen LogP contribution in [0.25, 0.3) is 77.2 Å². The maximum atomic E-state index is 14.8. The maximum absolute atomic E-state index is 14.8. The summed E-state index contributed by atoms with van der Waals surface area (Å²) in [7, 11) is -3.04. The van der Waals surface area contributed by atoms with Crippen LogP contribution in [0.4, 0.5) is 0 Å². The van der Waals surface area contributed by atoms with Gasteiger partial charge in [-0.2, -0.15) is 0 Å². The lowest BCUT2D eigenvalue weighted by molar-refractivity contribution is 0.0549. The first-order chi connectivity index (χ1) is 30.4. The van der Waals surface area contributed by atoms with E-state index in [0.717, 1.165) is 65.7 Å². The van der Waals surface area contributed by atoms with Crippen molar-refractivity contribution in [1.29, 1.82) is 0 Å².